The molecule has 1 amide bonds. The van der Waals surface area contributed by atoms with Crippen LogP contribution in [0.1, 0.15) is 10.4 Å². The van der Waals surface area contributed by atoms with E-state index >= 15 is 0 Å². The third-order valence-corrected chi connectivity index (χ3v) is 2.98. The zero-order valence-corrected chi connectivity index (χ0v) is 9.95. The smallest absolute Gasteiger partial charge is 0.250 e. The molecule has 3 rings (SSSR count). The second kappa shape index (κ2) is 4.13. The maximum Gasteiger partial charge on any atom is 0.250 e. The normalized spacial score (nSPS) is 10.7. The number of primary amides is 1. The summed E-state index contributed by atoms with van der Waals surface area (Å²) >= 11 is 0. The van der Waals surface area contributed by atoms with Crippen molar-refractivity contribution >= 4 is 16.9 Å². The lowest BCUT2D eigenvalue weighted by molar-refractivity contribution is 0.100. The number of rotatable bonds is 2. The van der Waals surface area contributed by atoms with Crippen LogP contribution < -0.4 is 5.73 Å². The van der Waals surface area contributed by atoms with Crippen molar-refractivity contribution in [1.29, 1.82) is 0 Å². The fourth-order valence-electron chi connectivity index (χ4n) is 2.10. The summed E-state index contributed by atoms with van der Waals surface area (Å²) in [6.07, 6.45) is 1.56. The van der Waals surface area contributed by atoms with Crippen LogP contribution in [0.5, 0.6) is 5.75 Å². The van der Waals surface area contributed by atoms with E-state index in [0.29, 0.717) is 16.8 Å². The molecule has 3 N–H and O–H groups in total. The van der Waals surface area contributed by atoms with Gasteiger partial charge in [-0.2, -0.15) is 0 Å². The number of nitrogens with two attached hydrogens (primary N) is 1. The largest absolute Gasteiger partial charge is 0.506 e. The third kappa shape index (κ3) is 1.72. The van der Waals surface area contributed by atoms with Crippen LogP contribution in [-0.2, 0) is 0 Å². The van der Waals surface area contributed by atoms with Gasteiger partial charge < -0.3 is 10.8 Å². The van der Waals surface area contributed by atoms with Gasteiger partial charge in [0.25, 0.3) is 5.91 Å². The summed E-state index contributed by atoms with van der Waals surface area (Å²) in [6, 6.07) is 12.1. The molecular weight excluding hydrogens is 242 g/mol. The summed E-state index contributed by atoms with van der Waals surface area (Å²) in [7, 11) is 0. The number of nitrogens with zero attached hydrogens (tertiary/aromatic N) is 2. The summed E-state index contributed by atoms with van der Waals surface area (Å²) < 4.78 is 1.72. The number of fused-ring (bicyclic) bond motifs is 1. The highest BCUT2D eigenvalue weighted by Gasteiger charge is 2.13. The van der Waals surface area contributed by atoms with Gasteiger partial charge in [-0.1, -0.05) is 18.2 Å². The molecule has 5 heteroatoms. The zero-order valence-electron chi connectivity index (χ0n) is 9.95. The van der Waals surface area contributed by atoms with Crippen molar-refractivity contribution in [2.45, 2.75) is 0 Å². The van der Waals surface area contributed by atoms with Gasteiger partial charge in [0.1, 0.15) is 17.6 Å². The molecule has 0 unspecified atom stereocenters. The maximum absolute atomic E-state index is 11.4. The first-order valence-corrected chi connectivity index (χ1v) is 5.72. The van der Waals surface area contributed by atoms with Crippen molar-refractivity contribution in [3.8, 4) is 11.4 Å². The molecule has 5 nitrogen and oxygen atoms in total. The number of hydrogen-bond donors (Lipinski definition) is 2. The van der Waals surface area contributed by atoms with Crippen LogP contribution in [0.4, 0.5) is 0 Å². The van der Waals surface area contributed by atoms with Crippen molar-refractivity contribution in [3.05, 3.63) is 54.4 Å². The third-order valence-electron chi connectivity index (χ3n) is 2.98. The van der Waals surface area contributed by atoms with Gasteiger partial charge in [-0.25, -0.2) is 4.98 Å². The molecule has 2 aromatic carbocycles. The standard InChI is InChI=1S/C14H11N3O2/c15-14(19)9-4-3-6-11-13(9)16-8-17(11)10-5-1-2-7-12(10)18/h1-8,18H,(H2,15,19). The molecule has 0 saturated heterocycles. The Hall–Kier alpha value is -2.82. The SMILES string of the molecule is NC(=O)c1cccc2c1ncn2-c1ccccc1O. The summed E-state index contributed by atoms with van der Waals surface area (Å²) in [5.74, 6) is -0.376. The number of carbonyl (C=O) groups is 1. The molecule has 94 valence electrons. The van der Waals surface area contributed by atoms with Crippen molar-refractivity contribution < 1.29 is 9.90 Å². The highest BCUT2D eigenvalue weighted by molar-refractivity contribution is 6.04. The van der Waals surface area contributed by atoms with Gasteiger partial charge in [-0.05, 0) is 24.3 Å². The quantitative estimate of drug-likeness (QED) is 0.731. The van der Waals surface area contributed by atoms with Gasteiger partial charge in [0, 0.05) is 0 Å². The van der Waals surface area contributed by atoms with Crippen molar-refractivity contribution in [3.63, 3.8) is 0 Å². The average molecular weight is 253 g/mol. The van der Waals surface area contributed by atoms with Gasteiger partial charge >= 0.3 is 0 Å². The maximum atomic E-state index is 11.4. The van der Waals surface area contributed by atoms with Crippen LogP contribution in [0.25, 0.3) is 16.7 Å². The molecule has 0 aliphatic rings. The first-order chi connectivity index (χ1) is 9.18. The Balaban J connectivity index is 2.31. The van der Waals surface area contributed by atoms with Crippen LogP contribution in [0.3, 0.4) is 0 Å². The number of phenolic OH excluding ortho intramolecular Hbond substituents is 1. The van der Waals surface area contributed by atoms with Crippen LogP contribution in [0.15, 0.2) is 48.8 Å². The summed E-state index contributed by atoms with van der Waals surface area (Å²) in [5, 5.41) is 9.88. The summed E-state index contributed by atoms with van der Waals surface area (Å²) in [6.45, 7) is 0. The Morgan fingerprint density at radius 3 is 2.68 bits per heavy atom. The fraction of sp³-hybridized carbons (Fsp3) is 0. The molecule has 3 aromatic rings. The molecule has 1 heterocycles. The van der Waals surface area contributed by atoms with Crippen LogP contribution >= 0.6 is 0 Å². The van der Waals surface area contributed by atoms with E-state index in [1.54, 1.807) is 41.2 Å². The summed E-state index contributed by atoms with van der Waals surface area (Å²) in [5.41, 5.74) is 7.54. The molecule has 19 heavy (non-hydrogen) atoms. The molecule has 0 fully saturated rings. The fourth-order valence-corrected chi connectivity index (χ4v) is 2.10. The number of aromatic hydroxyl groups is 1. The van der Waals surface area contributed by atoms with E-state index in [0.717, 1.165) is 5.52 Å². The Morgan fingerprint density at radius 2 is 1.95 bits per heavy atom. The van der Waals surface area contributed by atoms with Crippen molar-refractivity contribution in [2.75, 3.05) is 0 Å². The number of aromatic nitrogens is 2. The number of phenols is 1. The van der Waals surface area contributed by atoms with E-state index in [4.69, 9.17) is 5.73 Å². The number of hydrogen-bond acceptors (Lipinski definition) is 3. The van der Waals surface area contributed by atoms with Crippen LogP contribution in [-0.4, -0.2) is 20.6 Å². The van der Waals surface area contributed by atoms with Gasteiger partial charge in [0.15, 0.2) is 0 Å². The predicted octanol–water partition coefficient (Wildman–Crippen LogP) is 1.83. The number of para-hydroxylation sites is 3. The van der Waals surface area contributed by atoms with Gasteiger partial charge in [0.2, 0.25) is 0 Å². The minimum Gasteiger partial charge on any atom is -0.506 e. The monoisotopic (exact) mass is 253 g/mol. The molecule has 0 aliphatic carbocycles. The lowest BCUT2D eigenvalue weighted by Crippen LogP contribution is -2.11. The Bertz CT molecular complexity index is 777. The predicted molar refractivity (Wildman–Crippen MR) is 71.3 cm³/mol. The van der Waals surface area contributed by atoms with E-state index in [1.165, 1.54) is 0 Å². The van der Waals surface area contributed by atoms with E-state index < -0.39 is 5.91 Å². The highest BCUT2D eigenvalue weighted by atomic mass is 16.3. The summed E-state index contributed by atoms with van der Waals surface area (Å²) in [4.78, 5) is 15.6. The number of carbonyl (C=O) groups excluding carboxylic acids is 1. The van der Waals surface area contributed by atoms with E-state index in [1.807, 2.05) is 12.1 Å². The van der Waals surface area contributed by atoms with Crippen LogP contribution in [0, 0.1) is 0 Å². The molecule has 0 saturated carbocycles. The molecular formula is C14H11N3O2. The second-order valence-corrected chi connectivity index (χ2v) is 4.14. The molecule has 0 bridgehead atoms. The minimum absolute atomic E-state index is 0.145. The highest BCUT2D eigenvalue weighted by Crippen LogP contribution is 2.26. The van der Waals surface area contributed by atoms with Crippen LogP contribution in [0.2, 0.25) is 0 Å². The van der Waals surface area contributed by atoms with E-state index in [9.17, 15) is 9.90 Å². The minimum atomic E-state index is -0.520. The van der Waals surface area contributed by atoms with Gasteiger partial charge in [-0.15, -0.1) is 0 Å². The molecule has 0 aliphatic heterocycles. The number of imidazole rings is 1. The first-order valence-electron chi connectivity index (χ1n) is 5.72. The molecule has 0 radical (unpaired) electrons. The zero-order chi connectivity index (χ0) is 13.4. The topological polar surface area (TPSA) is 81.1 Å². The van der Waals surface area contributed by atoms with Crippen molar-refractivity contribution in [1.82, 2.24) is 9.55 Å². The first kappa shape index (κ1) is 11.3. The molecule has 0 spiro atoms. The molecule has 0 atom stereocenters. The van der Waals surface area contributed by atoms with Crippen molar-refractivity contribution in [2.24, 2.45) is 5.73 Å². The van der Waals surface area contributed by atoms with Gasteiger partial charge in [-0.3, -0.25) is 9.36 Å². The number of benzene rings is 2. The van der Waals surface area contributed by atoms with Gasteiger partial charge in [0.05, 0.1) is 16.8 Å². The Kier molecular flexibility index (Phi) is 2.45. The van der Waals surface area contributed by atoms with E-state index in [2.05, 4.69) is 4.98 Å². The molecule has 1 aromatic heterocycles. The Labute approximate surface area is 108 Å². The van der Waals surface area contributed by atoms with E-state index in [-0.39, 0.29) is 5.75 Å². The lowest BCUT2D eigenvalue weighted by Gasteiger charge is -2.06. The second-order valence-electron chi connectivity index (χ2n) is 4.14. The number of amides is 1. The average Bonchev–Trinajstić information content (AvgIpc) is 2.82. The Morgan fingerprint density at radius 1 is 1.16 bits per heavy atom. The lowest BCUT2D eigenvalue weighted by atomic mass is 10.1.